The van der Waals surface area contributed by atoms with Gasteiger partial charge < -0.3 is 10.1 Å². The van der Waals surface area contributed by atoms with Gasteiger partial charge in [-0.15, -0.1) is 0 Å². The Morgan fingerprint density at radius 2 is 2.27 bits per heavy atom. The molecule has 1 unspecified atom stereocenters. The number of hydrogen-bond acceptors (Lipinski definition) is 3. The molecular formula is C17H19N3O2. The molecule has 1 saturated heterocycles. The number of amides is 1. The topological polar surface area (TPSA) is 56.2 Å². The first-order chi connectivity index (χ1) is 10.8. The third kappa shape index (κ3) is 3.83. The fourth-order valence-corrected chi connectivity index (χ4v) is 2.40. The van der Waals surface area contributed by atoms with Crippen molar-refractivity contribution >= 4 is 12.0 Å². The monoisotopic (exact) mass is 297 g/mol. The van der Waals surface area contributed by atoms with E-state index in [0.717, 1.165) is 30.7 Å². The molecule has 0 spiro atoms. The zero-order valence-electron chi connectivity index (χ0n) is 12.3. The largest absolute Gasteiger partial charge is 0.376 e. The Kier molecular flexibility index (Phi) is 4.65. The number of rotatable bonds is 5. The molecule has 0 radical (unpaired) electrons. The quantitative estimate of drug-likeness (QED) is 0.861. The van der Waals surface area contributed by atoms with Crippen molar-refractivity contribution in [3.05, 3.63) is 54.4 Å². The average Bonchev–Trinajstić information content (AvgIpc) is 3.23. The van der Waals surface area contributed by atoms with Crippen LogP contribution < -0.4 is 5.32 Å². The lowest BCUT2D eigenvalue weighted by atomic mass is 10.2. The van der Waals surface area contributed by atoms with Crippen molar-refractivity contribution in [3.8, 4) is 5.69 Å². The molecule has 1 fully saturated rings. The lowest BCUT2D eigenvalue weighted by Crippen LogP contribution is -2.30. The molecule has 1 N–H and O–H groups in total. The molecule has 0 bridgehead atoms. The van der Waals surface area contributed by atoms with Crippen LogP contribution in [0.3, 0.4) is 0 Å². The van der Waals surface area contributed by atoms with Gasteiger partial charge in [0.15, 0.2) is 0 Å². The first-order valence-corrected chi connectivity index (χ1v) is 7.49. The fraction of sp³-hybridized carbons (Fsp3) is 0.294. The van der Waals surface area contributed by atoms with E-state index in [-0.39, 0.29) is 12.0 Å². The molecule has 0 saturated carbocycles. The first kappa shape index (κ1) is 14.5. The summed E-state index contributed by atoms with van der Waals surface area (Å²) >= 11 is 0. The summed E-state index contributed by atoms with van der Waals surface area (Å²) < 4.78 is 7.25. The van der Waals surface area contributed by atoms with Crippen LogP contribution in [0.2, 0.25) is 0 Å². The van der Waals surface area contributed by atoms with Gasteiger partial charge in [0.1, 0.15) is 0 Å². The molecule has 1 atom stereocenters. The normalized spacial score (nSPS) is 17.9. The van der Waals surface area contributed by atoms with Crippen molar-refractivity contribution in [1.29, 1.82) is 0 Å². The Morgan fingerprint density at radius 1 is 1.41 bits per heavy atom. The number of nitrogens with zero attached hydrogens (tertiary/aromatic N) is 2. The summed E-state index contributed by atoms with van der Waals surface area (Å²) in [4.78, 5) is 11.8. The maximum atomic E-state index is 11.8. The number of nitrogens with one attached hydrogen (secondary N) is 1. The maximum Gasteiger partial charge on any atom is 0.244 e. The summed E-state index contributed by atoms with van der Waals surface area (Å²) in [5.74, 6) is -0.108. The van der Waals surface area contributed by atoms with Crippen molar-refractivity contribution in [2.24, 2.45) is 0 Å². The van der Waals surface area contributed by atoms with Crippen LogP contribution in [0.15, 0.2) is 48.8 Å². The molecule has 1 aromatic carbocycles. The van der Waals surface area contributed by atoms with Gasteiger partial charge in [0.05, 0.1) is 18.0 Å². The van der Waals surface area contributed by atoms with Crippen LogP contribution in [-0.2, 0) is 9.53 Å². The Morgan fingerprint density at radius 3 is 3.05 bits per heavy atom. The summed E-state index contributed by atoms with van der Waals surface area (Å²) in [7, 11) is 0. The van der Waals surface area contributed by atoms with Gasteiger partial charge >= 0.3 is 0 Å². The molecule has 1 aromatic heterocycles. The van der Waals surface area contributed by atoms with Crippen LogP contribution in [0.1, 0.15) is 18.4 Å². The van der Waals surface area contributed by atoms with Gasteiger partial charge in [-0.3, -0.25) is 4.79 Å². The van der Waals surface area contributed by atoms with Crippen molar-refractivity contribution in [3.63, 3.8) is 0 Å². The second-order valence-corrected chi connectivity index (χ2v) is 5.27. The molecule has 2 aromatic rings. The van der Waals surface area contributed by atoms with Crippen LogP contribution in [0.25, 0.3) is 11.8 Å². The van der Waals surface area contributed by atoms with E-state index in [4.69, 9.17) is 4.74 Å². The standard InChI is InChI=1S/C17H19N3O2/c21-17(18-12-16-7-4-10-22-16)9-8-14-11-19-20(13-14)15-5-2-1-3-6-15/h1-3,5-6,8-9,11,13,16H,4,7,10,12H2,(H,18,21)/b9-8+. The zero-order valence-corrected chi connectivity index (χ0v) is 12.3. The van der Waals surface area contributed by atoms with Gasteiger partial charge in [-0.1, -0.05) is 18.2 Å². The Balaban J connectivity index is 1.54. The second kappa shape index (κ2) is 7.04. The van der Waals surface area contributed by atoms with Crippen LogP contribution in [-0.4, -0.2) is 34.9 Å². The lowest BCUT2D eigenvalue weighted by Gasteiger charge is -2.08. The highest BCUT2D eigenvalue weighted by atomic mass is 16.5. The van der Waals surface area contributed by atoms with E-state index in [9.17, 15) is 4.79 Å². The predicted molar refractivity (Wildman–Crippen MR) is 84.6 cm³/mol. The predicted octanol–water partition coefficient (Wildman–Crippen LogP) is 2.18. The third-order valence-electron chi connectivity index (χ3n) is 3.58. The number of aromatic nitrogens is 2. The minimum absolute atomic E-state index is 0.108. The molecule has 5 heteroatoms. The zero-order chi connectivity index (χ0) is 15.2. The summed E-state index contributed by atoms with van der Waals surface area (Å²) in [6.45, 7) is 1.38. The van der Waals surface area contributed by atoms with E-state index in [1.165, 1.54) is 6.08 Å². The number of hydrogen-bond donors (Lipinski definition) is 1. The van der Waals surface area contributed by atoms with Crippen LogP contribution in [0, 0.1) is 0 Å². The molecule has 114 valence electrons. The molecule has 1 aliphatic heterocycles. The van der Waals surface area contributed by atoms with E-state index >= 15 is 0 Å². The van der Waals surface area contributed by atoms with Crippen LogP contribution in [0.4, 0.5) is 0 Å². The molecule has 5 nitrogen and oxygen atoms in total. The van der Waals surface area contributed by atoms with Gasteiger partial charge in [-0.05, 0) is 31.1 Å². The molecular weight excluding hydrogens is 278 g/mol. The van der Waals surface area contributed by atoms with Crippen molar-refractivity contribution in [1.82, 2.24) is 15.1 Å². The highest BCUT2D eigenvalue weighted by Crippen LogP contribution is 2.11. The van der Waals surface area contributed by atoms with E-state index in [1.54, 1.807) is 17.0 Å². The molecule has 22 heavy (non-hydrogen) atoms. The van der Waals surface area contributed by atoms with Gasteiger partial charge in [-0.2, -0.15) is 5.10 Å². The molecule has 3 rings (SSSR count). The highest BCUT2D eigenvalue weighted by Gasteiger charge is 2.15. The van der Waals surface area contributed by atoms with Gasteiger partial charge in [0, 0.05) is 31.0 Å². The summed E-state index contributed by atoms with van der Waals surface area (Å²) in [6.07, 6.45) is 9.18. The number of benzene rings is 1. The third-order valence-corrected chi connectivity index (χ3v) is 3.58. The highest BCUT2D eigenvalue weighted by molar-refractivity contribution is 5.91. The molecule has 0 aliphatic carbocycles. The number of para-hydroxylation sites is 1. The Bertz CT molecular complexity index is 643. The summed E-state index contributed by atoms with van der Waals surface area (Å²) in [5, 5.41) is 7.14. The van der Waals surface area contributed by atoms with E-state index in [2.05, 4.69) is 10.4 Å². The van der Waals surface area contributed by atoms with Gasteiger partial charge in [0.25, 0.3) is 0 Å². The number of carbonyl (C=O) groups is 1. The van der Waals surface area contributed by atoms with E-state index < -0.39 is 0 Å². The fourth-order valence-electron chi connectivity index (χ4n) is 2.40. The number of carbonyl (C=O) groups excluding carboxylic acids is 1. The van der Waals surface area contributed by atoms with Crippen molar-refractivity contribution in [2.75, 3.05) is 13.2 Å². The van der Waals surface area contributed by atoms with Gasteiger partial charge in [-0.25, -0.2) is 4.68 Å². The molecule has 1 aliphatic rings. The van der Waals surface area contributed by atoms with Crippen molar-refractivity contribution in [2.45, 2.75) is 18.9 Å². The molecule has 1 amide bonds. The van der Waals surface area contributed by atoms with E-state index in [0.29, 0.717) is 6.54 Å². The van der Waals surface area contributed by atoms with Crippen LogP contribution >= 0.6 is 0 Å². The Labute approximate surface area is 129 Å². The van der Waals surface area contributed by atoms with Crippen LogP contribution in [0.5, 0.6) is 0 Å². The smallest absolute Gasteiger partial charge is 0.244 e. The van der Waals surface area contributed by atoms with Gasteiger partial charge in [0.2, 0.25) is 5.91 Å². The maximum absolute atomic E-state index is 11.8. The van der Waals surface area contributed by atoms with E-state index in [1.807, 2.05) is 36.5 Å². The lowest BCUT2D eigenvalue weighted by molar-refractivity contribution is -0.116. The molecule has 2 heterocycles. The minimum Gasteiger partial charge on any atom is -0.376 e. The van der Waals surface area contributed by atoms with Crippen molar-refractivity contribution < 1.29 is 9.53 Å². The summed E-state index contributed by atoms with van der Waals surface area (Å²) in [5.41, 5.74) is 1.88. The SMILES string of the molecule is O=C(/C=C/c1cnn(-c2ccccc2)c1)NCC1CCCO1. The Hall–Kier alpha value is -2.40. The minimum atomic E-state index is -0.108. The number of ether oxygens (including phenoxy) is 1. The second-order valence-electron chi connectivity index (χ2n) is 5.27. The average molecular weight is 297 g/mol. The summed E-state index contributed by atoms with van der Waals surface area (Å²) in [6, 6.07) is 9.85. The first-order valence-electron chi connectivity index (χ1n) is 7.49.